The average molecular weight is 414 g/mol. The second kappa shape index (κ2) is 9.28. The Labute approximate surface area is 179 Å². The van der Waals surface area contributed by atoms with E-state index < -0.39 is 18.1 Å². The topological polar surface area (TPSA) is 91.7 Å². The van der Waals surface area contributed by atoms with Gasteiger partial charge in [-0.1, -0.05) is 54.6 Å². The zero-order valence-corrected chi connectivity index (χ0v) is 16.7. The van der Waals surface area contributed by atoms with E-state index in [2.05, 4.69) is 10.3 Å². The number of para-hydroxylation sites is 1. The molecule has 1 heterocycles. The van der Waals surface area contributed by atoms with E-state index in [-0.39, 0.29) is 0 Å². The normalized spacial score (nSPS) is 12.8. The smallest absolute Gasteiger partial charge is 0.335 e. The van der Waals surface area contributed by atoms with Gasteiger partial charge in [-0.3, -0.25) is 0 Å². The van der Waals surface area contributed by atoms with Gasteiger partial charge in [0.25, 0.3) is 0 Å². The molecule has 6 heteroatoms. The van der Waals surface area contributed by atoms with E-state index in [0.717, 1.165) is 16.6 Å². The first-order valence-electron chi connectivity index (χ1n) is 9.90. The molecule has 6 nitrogen and oxygen atoms in total. The van der Waals surface area contributed by atoms with Crippen molar-refractivity contribution < 1.29 is 19.7 Å². The molecular weight excluding hydrogens is 392 g/mol. The molecule has 0 spiro atoms. The summed E-state index contributed by atoms with van der Waals surface area (Å²) in [5.74, 6) is -0.625. The molecule has 2 atom stereocenters. The molecule has 0 bridgehead atoms. The molecule has 4 aromatic rings. The monoisotopic (exact) mass is 414 g/mol. The van der Waals surface area contributed by atoms with Gasteiger partial charge < -0.3 is 20.3 Å². The van der Waals surface area contributed by atoms with Crippen LogP contribution < -0.4 is 10.1 Å². The Bertz CT molecular complexity index is 1160. The van der Waals surface area contributed by atoms with Gasteiger partial charge in [0, 0.05) is 11.1 Å². The van der Waals surface area contributed by atoms with Crippen LogP contribution in [0.5, 0.6) is 5.75 Å². The SMILES string of the molecule is O=C(O)[C@@H](O)[C@@H](Nc1ccc(OCc2ccc3ccccc3n2)cc1)c1ccccc1. The quantitative estimate of drug-likeness (QED) is 0.396. The third-order valence-electron chi connectivity index (χ3n) is 4.95. The Hall–Kier alpha value is -3.90. The van der Waals surface area contributed by atoms with E-state index in [9.17, 15) is 15.0 Å². The number of nitrogens with one attached hydrogen (secondary N) is 1. The number of aliphatic hydroxyl groups excluding tert-OH is 1. The van der Waals surface area contributed by atoms with Gasteiger partial charge >= 0.3 is 5.97 Å². The zero-order chi connectivity index (χ0) is 21.6. The molecular formula is C25H22N2O4. The van der Waals surface area contributed by atoms with Gasteiger partial charge in [-0.15, -0.1) is 0 Å². The Balaban J connectivity index is 1.43. The highest BCUT2D eigenvalue weighted by Gasteiger charge is 2.27. The summed E-state index contributed by atoms with van der Waals surface area (Å²) in [5.41, 5.74) is 3.10. The van der Waals surface area contributed by atoms with Crippen LogP contribution in [0.15, 0.2) is 91.0 Å². The molecule has 0 aliphatic heterocycles. The lowest BCUT2D eigenvalue weighted by Crippen LogP contribution is -2.32. The molecule has 156 valence electrons. The number of aliphatic hydroxyl groups is 1. The standard InChI is InChI=1S/C25H22N2O4/c28-24(25(29)30)23(18-7-2-1-3-8-18)27-19-12-14-21(15-13-19)31-16-20-11-10-17-6-4-5-9-22(17)26-20/h1-15,23-24,27-28H,16H2,(H,29,30)/t23-,24-/m0/s1. The lowest BCUT2D eigenvalue weighted by molar-refractivity contribution is -0.147. The predicted molar refractivity (Wildman–Crippen MR) is 119 cm³/mol. The molecule has 1 aromatic heterocycles. The van der Waals surface area contributed by atoms with Crippen molar-refractivity contribution >= 4 is 22.6 Å². The number of benzene rings is 3. The van der Waals surface area contributed by atoms with Gasteiger partial charge in [0.05, 0.1) is 17.3 Å². The van der Waals surface area contributed by atoms with Crippen molar-refractivity contribution in [2.45, 2.75) is 18.8 Å². The van der Waals surface area contributed by atoms with Crippen LogP contribution in [0, 0.1) is 0 Å². The third kappa shape index (κ3) is 4.99. The molecule has 3 aromatic carbocycles. The highest BCUT2D eigenvalue weighted by Crippen LogP contribution is 2.25. The summed E-state index contributed by atoms with van der Waals surface area (Å²) in [6.45, 7) is 0.335. The van der Waals surface area contributed by atoms with Crippen molar-refractivity contribution in [3.8, 4) is 5.75 Å². The third-order valence-corrected chi connectivity index (χ3v) is 4.95. The summed E-state index contributed by atoms with van der Waals surface area (Å²) in [6.07, 6.45) is -1.59. The van der Waals surface area contributed by atoms with Gasteiger partial charge in [-0.05, 0) is 42.0 Å². The number of pyridine rings is 1. The molecule has 0 saturated heterocycles. The molecule has 0 fully saturated rings. The van der Waals surface area contributed by atoms with Crippen molar-refractivity contribution in [2.24, 2.45) is 0 Å². The van der Waals surface area contributed by atoms with E-state index >= 15 is 0 Å². The number of carbonyl (C=O) groups is 1. The van der Waals surface area contributed by atoms with E-state index in [0.29, 0.717) is 23.6 Å². The first-order chi connectivity index (χ1) is 15.1. The van der Waals surface area contributed by atoms with E-state index in [1.165, 1.54) is 0 Å². The fourth-order valence-corrected chi connectivity index (χ4v) is 3.32. The van der Waals surface area contributed by atoms with Crippen LogP contribution in [-0.2, 0) is 11.4 Å². The number of hydrogen-bond acceptors (Lipinski definition) is 5. The number of nitrogens with zero attached hydrogens (tertiary/aromatic N) is 1. The largest absolute Gasteiger partial charge is 0.487 e. The summed E-state index contributed by atoms with van der Waals surface area (Å²) in [6, 6.07) is 27.2. The summed E-state index contributed by atoms with van der Waals surface area (Å²) in [7, 11) is 0. The molecule has 0 unspecified atom stereocenters. The Morgan fingerprint density at radius 2 is 1.61 bits per heavy atom. The maximum atomic E-state index is 11.3. The lowest BCUT2D eigenvalue weighted by Gasteiger charge is -2.23. The fraction of sp³-hybridized carbons (Fsp3) is 0.120. The Kier molecular flexibility index (Phi) is 6.10. The minimum absolute atomic E-state index is 0.335. The Morgan fingerprint density at radius 1 is 0.903 bits per heavy atom. The highest BCUT2D eigenvalue weighted by molar-refractivity contribution is 5.78. The first kappa shape index (κ1) is 20.4. The van der Waals surface area contributed by atoms with Crippen LogP contribution in [0.25, 0.3) is 10.9 Å². The molecule has 3 N–H and O–H groups in total. The van der Waals surface area contributed by atoms with Crippen molar-refractivity contribution in [3.63, 3.8) is 0 Å². The van der Waals surface area contributed by atoms with E-state index in [1.54, 1.807) is 48.5 Å². The molecule has 4 rings (SSSR count). The minimum Gasteiger partial charge on any atom is -0.487 e. The van der Waals surface area contributed by atoms with Gasteiger partial charge in [0.2, 0.25) is 0 Å². The number of rotatable bonds is 8. The summed E-state index contributed by atoms with van der Waals surface area (Å²) in [5, 5.41) is 23.6. The second-order valence-electron chi connectivity index (χ2n) is 7.12. The van der Waals surface area contributed by atoms with Crippen LogP contribution in [0.2, 0.25) is 0 Å². The predicted octanol–water partition coefficient (Wildman–Crippen LogP) is 4.41. The lowest BCUT2D eigenvalue weighted by atomic mass is 10.0. The van der Waals surface area contributed by atoms with Gasteiger partial charge in [-0.2, -0.15) is 0 Å². The van der Waals surface area contributed by atoms with Crippen LogP contribution in [0.1, 0.15) is 17.3 Å². The highest BCUT2D eigenvalue weighted by atomic mass is 16.5. The average Bonchev–Trinajstić information content (AvgIpc) is 2.82. The fourth-order valence-electron chi connectivity index (χ4n) is 3.32. The van der Waals surface area contributed by atoms with Gasteiger partial charge in [-0.25, -0.2) is 9.78 Å². The number of fused-ring (bicyclic) bond motifs is 1. The molecule has 0 aliphatic rings. The number of hydrogen-bond donors (Lipinski definition) is 3. The van der Waals surface area contributed by atoms with E-state index in [4.69, 9.17) is 4.74 Å². The number of ether oxygens (including phenoxy) is 1. The number of carboxylic acid groups (broad SMARTS) is 1. The second-order valence-corrected chi connectivity index (χ2v) is 7.12. The zero-order valence-electron chi connectivity index (χ0n) is 16.7. The van der Waals surface area contributed by atoms with Gasteiger partial charge in [0.15, 0.2) is 6.10 Å². The summed E-state index contributed by atoms with van der Waals surface area (Å²) < 4.78 is 5.84. The van der Waals surface area contributed by atoms with Crippen molar-refractivity contribution in [1.29, 1.82) is 0 Å². The van der Waals surface area contributed by atoms with Crippen LogP contribution in [0.3, 0.4) is 0 Å². The number of aromatic nitrogens is 1. The molecule has 31 heavy (non-hydrogen) atoms. The molecule has 0 aliphatic carbocycles. The number of aliphatic carboxylic acids is 1. The first-order valence-corrected chi connectivity index (χ1v) is 9.90. The molecule has 0 amide bonds. The molecule has 0 radical (unpaired) electrons. The van der Waals surface area contributed by atoms with Crippen LogP contribution in [0.4, 0.5) is 5.69 Å². The minimum atomic E-state index is -1.59. The summed E-state index contributed by atoms with van der Waals surface area (Å²) >= 11 is 0. The van der Waals surface area contributed by atoms with Crippen LogP contribution in [-0.4, -0.2) is 27.3 Å². The maximum Gasteiger partial charge on any atom is 0.335 e. The van der Waals surface area contributed by atoms with Crippen molar-refractivity contribution in [2.75, 3.05) is 5.32 Å². The maximum absolute atomic E-state index is 11.3. The van der Waals surface area contributed by atoms with Crippen molar-refractivity contribution in [3.05, 3.63) is 102 Å². The Morgan fingerprint density at radius 3 is 2.35 bits per heavy atom. The summed E-state index contributed by atoms with van der Waals surface area (Å²) in [4.78, 5) is 15.9. The van der Waals surface area contributed by atoms with E-state index in [1.807, 2.05) is 42.5 Å². The van der Waals surface area contributed by atoms with Crippen molar-refractivity contribution in [1.82, 2.24) is 4.98 Å². The van der Waals surface area contributed by atoms with Gasteiger partial charge in [0.1, 0.15) is 12.4 Å². The number of carboxylic acids is 1. The number of anilines is 1. The van der Waals surface area contributed by atoms with Crippen LogP contribution >= 0.6 is 0 Å². The molecule has 0 saturated carbocycles.